The molecule has 1 N–H and O–H groups in total. The molecule has 1 saturated carbocycles. The van der Waals surface area contributed by atoms with Gasteiger partial charge in [0.2, 0.25) is 0 Å². The summed E-state index contributed by atoms with van der Waals surface area (Å²) in [5.74, 6) is 0.901. The molecule has 3 unspecified atom stereocenters. The maximum atomic E-state index is 3.97. The molecule has 0 amide bonds. The zero-order chi connectivity index (χ0) is 12.8. The van der Waals surface area contributed by atoms with Gasteiger partial charge < -0.3 is 5.32 Å². The van der Waals surface area contributed by atoms with Gasteiger partial charge in [0, 0.05) is 17.0 Å². The van der Waals surface area contributed by atoms with E-state index in [1.165, 1.54) is 49.8 Å². The highest BCUT2D eigenvalue weighted by Gasteiger charge is 2.26. The van der Waals surface area contributed by atoms with Crippen molar-refractivity contribution in [3.63, 3.8) is 0 Å². The van der Waals surface area contributed by atoms with Gasteiger partial charge in [-0.1, -0.05) is 45.6 Å². The molecule has 1 nitrogen and oxygen atoms in total. The molecule has 1 aromatic heterocycles. The van der Waals surface area contributed by atoms with Crippen LogP contribution in [0.3, 0.4) is 0 Å². The van der Waals surface area contributed by atoms with Crippen molar-refractivity contribution in [2.24, 2.45) is 5.92 Å². The van der Waals surface area contributed by atoms with E-state index < -0.39 is 0 Å². The molecule has 1 aliphatic rings. The molecule has 18 heavy (non-hydrogen) atoms. The molecule has 102 valence electrons. The molecule has 0 saturated heterocycles. The molecule has 3 atom stereocenters. The third-order valence-corrected chi connectivity index (χ3v) is 5.30. The molecular formula is C16H27NS. The Morgan fingerprint density at radius 2 is 2.17 bits per heavy atom. The second-order valence-electron chi connectivity index (χ2n) is 5.58. The average molecular weight is 265 g/mol. The molecule has 1 aromatic rings. The minimum absolute atomic E-state index is 0.590. The van der Waals surface area contributed by atoms with Gasteiger partial charge in [0.1, 0.15) is 0 Å². The van der Waals surface area contributed by atoms with Crippen LogP contribution in [-0.4, -0.2) is 6.04 Å². The highest BCUT2D eigenvalue weighted by Crippen LogP contribution is 2.31. The number of nitrogens with one attached hydrogen (secondary N) is 1. The van der Waals surface area contributed by atoms with E-state index in [1.54, 1.807) is 0 Å². The largest absolute Gasteiger partial charge is 0.306 e. The van der Waals surface area contributed by atoms with E-state index in [4.69, 9.17) is 0 Å². The van der Waals surface area contributed by atoms with Crippen LogP contribution in [0.25, 0.3) is 0 Å². The lowest BCUT2D eigenvalue weighted by Gasteiger charge is -2.34. The second kappa shape index (κ2) is 7.30. The fraction of sp³-hybridized carbons (Fsp3) is 0.750. The van der Waals surface area contributed by atoms with E-state index in [9.17, 15) is 0 Å². The summed E-state index contributed by atoms with van der Waals surface area (Å²) in [5, 5.41) is 6.18. The van der Waals surface area contributed by atoms with E-state index in [1.807, 2.05) is 11.3 Å². The van der Waals surface area contributed by atoms with E-state index >= 15 is 0 Å². The number of hydrogen-bond acceptors (Lipinski definition) is 2. The Labute approximate surface area is 116 Å². The monoisotopic (exact) mass is 265 g/mol. The maximum Gasteiger partial charge on any atom is 0.0416 e. The molecule has 1 aliphatic carbocycles. The van der Waals surface area contributed by atoms with Gasteiger partial charge in [-0.2, -0.15) is 0 Å². The third kappa shape index (κ3) is 3.58. The Balaban J connectivity index is 1.99. The first-order chi connectivity index (χ1) is 8.85. The number of hydrogen-bond donors (Lipinski definition) is 1. The zero-order valence-electron chi connectivity index (χ0n) is 11.8. The van der Waals surface area contributed by atoms with Crippen molar-refractivity contribution < 1.29 is 0 Å². The van der Waals surface area contributed by atoms with Crippen LogP contribution in [0, 0.1) is 5.92 Å². The molecule has 2 heteroatoms. The standard InChI is InChI=1S/C16H27NS/c1-3-8-15(16-11-7-12-18-16)17-14-10-6-5-9-13(14)4-2/h7,11-15,17H,3-6,8-10H2,1-2H3. The Bertz CT molecular complexity index is 320. The van der Waals surface area contributed by atoms with Gasteiger partial charge in [0.15, 0.2) is 0 Å². The molecule has 0 radical (unpaired) electrons. The van der Waals surface area contributed by atoms with Crippen LogP contribution in [0.15, 0.2) is 17.5 Å². The summed E-state index contributed by atoms with van der Waals surface area (Å²) in [5.41, 5.74) is 0. The van der Waals surface area contributed by atoms with Gasteiger partial charge in [0.05, 0.1) is 0 Å². The second-order valence-corrected chi connectivity index (χ2v) is 6.56. The van der Waals surface area contributed by atoms with Crippen LogP contribution in [0.2, 0.25) is 0 Å². The van der Waals surface area contributed by atoms with Gasteiger partial charge in [0.25, 0.3) is 0 Å². The fourth-order valence-corrected chi connectivity index (χ4v) is 4.08. The van der Waals surface area contributed by atoms with Crippen molar-refractivity contribution >= 4 is 11.3 Å². The van der Waals surface area contributed by atoms with Gasteiger partial charge in [-0.15, -0.1) is 11.3 Å². The van der Waals surface area contributed by atoms with Crippen LogP contribution in [-0.2, 0) is 0 Å². The summed E-state index contributed by atoms with van der Waals surface area (Å²) in [6, 6.07) is 5.82. The van der Waals surface area contributed by atoms with Crippen LogP contribution < -0.4 is 5.32 Å². The molecule has 1 fully saturated rings. The van der Waals surface area contributed by atoms with Crippen LogP contribution >= 0.6 is 11.3 Å². The minimum atomic E-state index is 0.590. The molecule has 0 aromatic carbocycles. The van der Waals surface area contributed by atoms with Gasteiger partial charge in [-0.05, 0) is 36.6 Å². The Morgan fingerprint density at radius 1 is 1.33 bits per heavy atom. The average Bonchev–Trinajstić information content (AvgIpc) is 2.92. The molecule has 1 heterocycles. The lowest BCUT2D eigenvalue weighted by Crippen LogP contribution is -2.40. The van der Waals surface area contributed by atoms with Gasteiger partial charge in [-0.25, -0.2) is 0 Å². The first-order valence-corrected chi connectivity index (χ1v) is 8.52. The van der Waals surface area contributed by atoms with Crippen molar-refractivity contribution in [1.82, 2.24) is 5.32 Å². The lowest BCUT2D eigenvalue weighted by molar-refractivity contribution is 0.233. The van der Waals surface area contributed by atoms with Crippen LogP contribution in [0.1, 0.15) is 69.7 Å². The molecule has 0 aliphatic heterocycles. The molecule has 2 rings (SSSR count). The zero-order valence-corrected chi connectivity index (χ0v) is 12.6. The molecular weight excluding hydrogens is 238 g/mol. The van der Waals surface area contributed by atoms with Crippen LogP contribution in [0.4, 0.5) is 0 Å². The Kier molecular flexibility index (Phi) is 5.71. The lowest BCUT2D eigenvalue weighted by atomic mass is 9.82. The smallest absolute Gasteiger partial charge is 0.0416 e. The quantitative estimate of drug-likeness (QED) is 0.750. The maximum absolute atomic E-state index is 3.97. The highest BCUT2D eigenvalue weighted by molar-refractivity contribution is 7.10. The Hall–Kier alpha value is -0.340. The fourth-order valence-electron chi connectivity index (χ4n) is 3.26. The summed E-state index contributed by atoms with van der Waals surface area (Å²) in [6.07, 6.45) is 9.53. The third-order valence-electron chi connectivity index (χ3n) is 4.31. The predicted octanol–water partition coefficient (Wildman–Crippen LogP) is 5.15. The van der Waals surface area contributed by atoms with Crippen LogP contribution in [0.5, 0.6) is 0 Å². The topological polar surface area (TPSA) is 12.0 Å². The summed E-state index contributed by atoms with van der Waals surface area (Å²) >= 11 is 1.91. The first-order valence-electron chi connectivity index (χ1n) is 7.64. The Morgan fingerprint density at radius 3 is 2.83 bits per heavy atom. The number of thiophene rings is 1. The summed E-state index contributed by atoms with van der Waals surface area (Å²) in [7, 11) is 0. The van der Waals surface area contributed by atoms with Crippen molar-refractivity contribution in [2.45, 2.75) is 70.9 Å². The van der Waals surface area contributed by atoms with Crippen molar-refractivity contribution in [2.75, 3.05) is 0 Å². The summed E-state index contributed by atoms with van der Waals surface area (Å²) < 4.78 is 0. The molecule has 0 bridgehead atoms. The predicted molar refractivity (Wildman–Crippen MR) is 81.1 cm³/mol. The van der Waals surface area contributed by atoms with E-state index in [2.05, 4.69) is 36.7 Å². The number of rotatable bonds is 6. The van der Waals surface area contributed by atoms with E-state index in [0.29, 0.717) is 6.04 Å². The van der Waals surface area contributed by atoms with Crippen molar-refractivity contribution in [1.29, 1.82) is 0 Å². The van der Waals surface area contributed by atoms with E-state index in [0.717, 1.165) is 12.0 Å². The van der Waals surface area contributed by atoms with Crippen molar-refractivity contribution in [3.8, 4) is 0 Å². The van der Waals surface area contributed by atoms with Crippen molar-refractivity contribution in [3.05, 3.63) is 22.4 Å². The first kappa shape index (κ1) is 14.1. The van der Waals surface area contributed by atoms with Gasteiger partial charge in [-0.3, -0.25) is 0 Å². The van der Waals surface area contributed by atoms with E-state index in [-0.39, 0.29) is 0 Å². The summed E-state index contributed by atoms with van der Waals surface area (Å²) in [6.45, 7) is 4.64. The molecule has 0 spiro atoms. The normalized spacial score (nSPS) is 26.1. The minimum Gasteiger partial charge on any atom is -0.306 e. The van der Waals surface area contributed by atoms with Gasteiger partial charge >= 0.3 is 0 Å². The SMILES string of the molecule is CCCC(NC1CCCCC1CC)c1cccs1. The highest BCUT2D eigenvalue weighted by atomic mass is 32.1. The summed E-state index contributed by atoms with van der Waals surface area (Å²) in [4.78, 5) is 1.53.